The molecule has 0 aliphatic heterocycles. The Labute approximate surface area is 351 Å². The second kappa shape index (κ2) is 19.0. The lowest BCUT2D eigenvalue weighted by atomic mass is 9.98. The Morgan fingerprint density at radius 1 is 0.578 bits per heavy atom. The number of benzene rings is 4. The molecule has 1 N–H and O–H groups in total. The van der Waals surface area contributed by atoms with Crippen molar-refractivity contribution in [1.82, 2.24) is 10.2 Å². The van der Waals surface area contributed by atoms with Gasteiger partial charge in [-0.1, -0.05) is 48.5 Å². The van der Waals surface area contributed by atoms with Gasteiger partial charge in [0.2, 0.25) is 0 Å². The maximum Gasteiger partial charge on any atom is 0.495 e. The molecule has 5 rings (SSSR count). The van der Waals surface area contributed by atoms with E-state index in [1.54, 1.807) is 36.4 Å². The number of nitrogens with one attached hydrogen (secondary N) is 1. The SMILES string of the molecule is O=C(N[C@@H](CCCCN(Cc1cc(C(F)(F)F)cc(C(F)(F)F)c1)Cc1cc(C(F)(F)F)cc(C(F)(F)F)c1)C(=O)OOC(=O)C(F)(F)F)OCC1c2ccccc2-c2ccccc21. The predicted molar refractivity (Wildman–Crippen MR) is 191 cm³/mol. The lowest BCUT2D eigenvalue weighted by Gasteiger charge is -2.25. The number of rotatable bonds is 13. The van der Waals surface area contributed by atoms with E-state index in [0.717, 1.165) is 27.2 Å². The molecule has 0 bridgehead atoms. The third-order valence-corrected chi connectivity index (χ3v) is 9.68. The van der Waals surface area contributed by atoms with Gasteiger partial charge in [-0.25, -0.2) is 24.2 Å². The highest BCUT2D eigenvalue weighted by Crippen LogP contribution is 2.45. The van der Waals surface area contributed by atoms with E-state index in [1.165, 1.54) is 0 Å². The molecule has 8 nitrogen and oxygen atoms in total. The zero-order valence-electron chi connectivity index (χ0n) is 32.3. The van der Waals surface area contributed by atoms with Crippen LogP contribution in [0.2, 0.25) is 0 Å². The molecule has 0 unspecified atom stereocenters. The van der Waals surface area contributed by atoms with E-state index in [4.69, 9.17) is 4.74 Å². The van der Waals surface area contributed by atoms with E-state index in [9.17, 15) is 80.2 Å². The van der Waals surface area contributed by atoms with Gasteiger partial charge in [0.15, 0.2) is 0 Å². The van der Waals surface area contributed by atoms with Gasteiger partial charge in [-0.2, -0.15) is 65.9 Å². The number of halogens is 15. The van der Waals surface area contributed by atoms with Crippen LogP contribution in [0.4, 0.5) is 70.7 Å². The number of fused-ring (bicyclic) bond motifs is 3. The normalized spacial score (nSPS) is 13.9. The third-order valence-electron chi connectivity index (χ3n) is 9.68. The van der Waals surface area contributed by atoms with Crippen LogP contribution in [0.25, 0.3) is 11.1 Å². The van der Waals surface area contributed by atoms with Crippen LogP contribution in [0, 0.1) is 0 Å². The fraction of sp³-hybridized carbons (Fsp3) is 0.341. The highest BCUT2D eigenvalue weighted by molar-refractivity contribution is 5.83. The highest BCUT2D eigenvalue weighted by atomic mass is 19.4. The van der Waals surface area contributed by atoms with Crippen molar-refractivity contribution in [1.29, 1.82) is 0 Å². The van der Waals surface area contributed by atoms with Crippen molar-refractivity contribution in [3.8, 4) is 11.1 Å². The Morgan fingerprint density at radius 3 is 1.41 bits per heavy atom. The molecule has 0 fully saturated rings. The minimum Gasteiger partial charge on any atom is -0.449 e. The number of hydrogen-bond donors (Lipinski definition) is 1. The molecule has 0 saturated heterocycles. The zero-order valence-corrected chi connectivity index (χ0v) is 32.3. The van der Waals surface area contributed by atoms with Gasteiger partial charge in [-0.15, -0.1) is 0 Å². The Hall–Kier alpha value is -6.00. The average molecular weight is 933 g/mol. The third kappa shape index (κ3) is 12.8. The van der Waals surface area contributed by atoms with E-state index in [1.807, 2.05) is 12.1 Å². The zero-order chi connectivity index (χ0) is 47.4. The number of nitrogens with zero attached hydrogens (tertiary/aromatic N) is 1. The minimum absolute atomic E-state index is 0.203. The Kier molecular flexibility index (Phi) is 14.6. The summed E-state index contributed by atoms with van der Waals surface area (Å²) in [5.41, 5.74) is -5.35. The van der Waals surface area contributed by atoms with Crippen molar-refractivity contribution < 1.29 is 94.8 Å². The summed E-state index contributed by atoms with van der Waals surface area (Å²) in [6.45, 7) is -2.73. The molecule has 4 aromatic carbocycles. The monoisotopic (exact) mass is 932 g/mol. The smallest absolute Gasteiger partial charge is 0.449 e. The molecule has 1 aliphatic rings. The molecule has 346 valence electrons. The first-order valence-corrected chi connectivity index (χ1v) is 18.5. The molecule has 1 amide bonds. The van der Waals surface area contributed by atoms with Gasteiger partial charge >= 0.3 is 48.9 Å². The molecular formula is C41H31F15N2O6. The van der Waals surface area contributed by atoms with Crippen LogP contribution in [0.15, 0.2) is 84.9 Å². The first kappa shape index (κ1) is 49.0. The first-order chi connectivity index (χ1) is 29.6. The molecular weight excluding hydrogens is 901 g/mol. The van der Waals surface area contributed by atoms with Gasteiger partial charge in [0.05, 0.1) is 22.3 Å². The van der Waals surface area contributed by atoms with Crippen molar-refractivity contribution >= 4 is 18.0 Å². The number of alkyl halides is 15. The maximum absolute atomic E-state index is 13.7. The Balaban J connectivity index is 1.37. The average Bonchev–Trinajstić information content (AvgIpc) is 3.51. The van der Waals surface area contributed by atoms with Crippen molar-refractivity contribution in [3.63, 3.8) is 0 Å². The number of ether oxygens (including phenoxy) is 1. The molecule has 0 saturated carbocycles. The summed E-state index contributed by atoms with van der Waals surface area (Å²) in [5, 5.41) is 2.05. The maximum atomic E-state index is 13.7. The van der Waals surface area contributed by atoms with Crippen LogP contribution in [0.3, 0.4) is 0 Å². The van der Waals surface area contributed by atoms with Crippen LogP contribution < -0.4 is 5.32 Å². The fourth-order valence-corrected chi connectivity index (χ4v) is 6.85. The Bertz CT molecular complexity index is 2130. The van der Waals surface area contributed by atoms with Crippen molar-refractivity contribution in [2.24, 2.45) is 0 Å². The second-order valence-corrected chi connectivity index (χ2v) is 14.3. The fourth-order valence-electron chi connectivity index (χ4n) is 6.85. The van der Waals surface area contributed by atoms with E-state index < -0.39 is 120 Å². The number of amides is 1. The van der Waals surface area contributed by atoms with E-state index >= 15 is 0 Å². The molecule has 1 atom stereocenters. The first-order valence-electron chi connectivity index (χ1n) is 18.5. The Morgan fingerprint density at radius 2 is 1.00 bits per heavy atom. The van der Waals surface area contributed by atoms with Crippen molar-refractivity contribution in [2.75, 3.05) is 13.2 Å². The van der Waals surface area contributed by atoms with E-state index in [-0.39, 0.29) is 31.6 Å². The van der Waals surface area contributed by atoms with Gasteiger partial charge in [0, 0.05) is 19.0 Å². The van der Waals surface area contributed by atoms with Crippen LogP contribution >= 0.6 is 0 Å². The van der Waals surface area contributed by atoms with Crippen LogP contribution in [0.1, 0.15) is 69.7 Å². The molecule has 4 aromatic rings. The number of carbonyl (C=O) groups is 3. The van der Waals surface area contributed by atoms with Crippen molar-refractivity contribution in [3.05, 3.63) is 129 Å². The summed E-state index contributed by atoms with van der Waals surface area (Å²) >= 11 is 0. The minimum atomic E-state index is -5.64. The summed E-state index contributed by atoms with van der Waals surface area (Å²) in [7, 11) is 0. The molecule has 0 heterocycles. The number of alkyl carbamates (subject to hydrolysis) is 1. The molecule has 23 heteroatoms. The van der Waals surface area contributed by atoms with Crippen LogP contribution in [-0.4, -0.2) is 48.3 Å². The number of hydrogen-bond acceptors (Lipinski definition) is 7. The topological polar surface area (TPSA) is 94.2 Å². The predicted octanol–water partition coefficient (Wildman–Crippen LogP) is 11.4. The van der Waals surface area contributed by atoms with Crippen LogP contribution in [0.5, 0.6) is 0 Å². The molecule has 0 aromatic heterocycles. The van der Waals surface area contributed by atoms with Gasteiger partial charge < -0.3 is 10.1 Å². The number of carbonyl (C=O) groups excluding carboxylic acids is 3. The van der Waals surface area contributed by atoms with Gasteiger partial charge in [0.1, 0.15) is 12.6 Å². The molecule has 0 radical (unpaired) electrons. The molecule has 1 aliphatic carbocycles. The quantitative estimate of drug-likeness (QED) is 0.0618. The van der Waals surface area contributed by atoms with Crippen LogP contribution in [-0.2, 0) is 61.9 Å². The second-order valence-electron chi connectivity index (χ2n) is 14.3. The van der Waals surface area contributed by atoms with Crippen molar-refractivity contribution in [2.45, 2.75) is 75.2 Å². The van der Waals surface area contributed by atoms with E-state index in [0.29, 0.717) is 24.3 Å². The van der Waals surface area contributed by atoms with Gasteiger partial charge in [0.25, 0.3) is 0 Å². The van der Waals surface area contributed by atoms with Gasteiger partial charge in [-0.3, -0.25) is 4.90 Å². The summed E-state index contributed by atoms with van der Waals surface area (Å²) in [4.78, 5) is 45.5. The number of unbranched alkanes of at least 4 members (excludes halogenated alkanes) is 1. The molecule has 64 heavy (non-hydrogen) atoms. The van der Waals surface area contributed by atoms with Gasteiger partial charge in [-0.05, 0) is 95.6 Å². The van der Waals surface area contributed by atoms with E-state index in [2.05, 4.69) is 15.1 Å². The standard InChI is InChI=1S/C41H31F15N2O6/c42-37(43,44)24-13-22(14-25(17-24)38(45,46)47)19-58(20-23-15-26(39(48,49)50)18-27(16-23)40(51,52)53)12-6-5-11-33(34(59)63-64-35(60)41(54,55)56)57-36(61)62-21-32-30-9-3-1-7-28(30)29-8-2-4-10-31(29)32/h1-4,7-10,13-18,32-33H,5-6,11-12,19-21H2,(H,57,61)/t33-/m0/s1. The highest BCUT2D eigenvalue weighted by Gasteiger charge is 2.44. The summed E-state index contributed by atoms with van der Waals surface area (Å²) in [5.74, 6) is -5.27. The largest absolute Gasteiger partial charge is 0.495 e. The lowest BCUT2D eigenvalue weighted by molar-refractivity contribution is -0.286. The lowest BCUT2D eigenvalue weighted by Crippen LogP contribution is -2.43. The summed E-state index contributed by atoms with van der Waals surface area (Å²) < 4.78 is 208. The summed E-state index contributed by atoms with van der Waals surface area (Å²) in [6, 6.07) is 13.0. The summed E-state index contributed by atoms with van der Waals surface area (Å²) in [6.07, 6.45) is -29.6. The molecule has 0 spiro atoms.